The standard InChI is InChI=1S/C52H62N2O9/c1-4-30-60-52-48(54(3)51(57)59-32-31-58-36-37-16-8-6-9-17-37)35-46(53-61-5-2)44-33-40(20-12-14-28-55)43(21-13-15-29-56)49(50(44)52)45-34-42(26-27-47(45)63-52)62-41-24-22-39(23-25-41)38-18-10-7-11-19-38/h4,6-11,16-19,22-27,33-34,40,43,48-50,55-56H,1,5,12-15,20-21,28-32,35-36H2,2-3H3/t40-,43+,48-,49+,50+,52+/m0/s1. The van der Waals surface area contributed by atoms with Crippen molar-refractivity contribution in [3.63, 3.8) is 0 Å². The van der Waals surface area contributed by atoms with Gasteiger partial charge in [0.2, 0.25) is 5.79 Å². The van der Waals surface area contributed by atoms with Gasteiger partial charge in [-0.3, -0.25) is 0 Å². The summed E-state index contributed by atoms with van der Waals surface area (Å²) in [5, 5.41) is 24.6. The van der Waals surface area contributed by atoms with Crippen LogP contribution in [-0.2, 0) is 25.7 Å². The molecule has 1 saturated carbocycles. The Bertz CT molecular complexity index is 2140. The molecule has 1 fully saturated rings. The molecule has 7 rings (SSSR count). The number of aliphatic hydroxyl groups is 2. The van der Waals surface area contributed by atoms with E-state index >= 15 is 0 Å². The van der Waals surface area contributed by atoms with Gasteiger partial charge in [-0.05, 0) is 97.0 Å². The Hall–Kier alpha value is -5.46. The third-order valence-electron chi connectivity index (χ3n) is 12.5. The second-order valence-corrected chi connectivity index (χ2v) is 16.4. The average molecular weight is 859 g/mol. The van der Waals surface area contributed by atoms with Gasteiger partial charge in [0.15, 0.2) is 0 Å². The molecule has 0 saturated heterocycles. The van der Waals surface area contributed by atoms with E-state index in [1.807, 2.05) is 79.7 Å². The number of nitrogens with zero attached hydrogens (tertiary/aromatic N) is 2. The third kappa shape index (κ3) is 10.7. The Balaban J connectivity index is 1.28. The van der Waals surface area contributed by atoms with E-state index < -0.39 is 23.8 Å². The van der Waals surface area contributed by atoms with Crippen molar-refractivity contribution in [1.29, 1.82) is 0 Å². The molecule has 2 aliphatic carbocycles. The number of hydrogen-bond donors (Lipinski definition) is 2. The summed E-state index contributed by atoms with van der Waals surface area (Å²) in [5.41, 5.74) is 5.92. The Labute approximate surface area is 371 Å². The van der Waals surface area contributed by atoms with Crippen LogP contribution >= 0.6 is 0 Å². The quantitative estimate of drug-likeness (QED) is 0.0451. The van der Waals surface area contributed by atoms with Crippen LogP contribution in [0.15, 0.2) is 133 Å². The maximum absolute atomic E-state index is 14.1. The lowest BCUT2D eigenvalue weighted by atomic mass is 9.55. The van der Waals surface area contributed by atoms with Gasteiger partial charge in [0.25, 0.3) is 0 Å². The minimum Gasteiger partial charge on any atom is -0.459 e. The van der Waals surface area contributed by atoms with E-state index in [0.29, 0.717) is 43.3 Å². The molecular formula is C52H62N2O9. The van der Waals surface area contributed by atoms with Gasteiger partial charge in [0.1, 0.15) is 36.5 Å². The maximum Gasteiger partial charge on any atom is 0.410 e. The Morgan fingerprint density at radius 1 is 0.889 bits per heavy atom. The minimum atomic E-state index is -1.39. The number of benzene rings is 4. The van der Waals surface area contributed by atoms with E-state index in [1.54, 1.807) is 18.0 Å². The zero-order valence-corrected chi connectivity index (χ0v) is 36.6. The van der Waals surface area contributed by atoms with Gasteiger partial charge < -0.3 is 43.6 Å². The van der Waals surface area contributed by atoms with E-state index in [9.17, 15) is 15.0 Å². The van der Waals surface area contributed by atoms with E-state index in [2.05, 4.69) is 43.0 Å². The van der Waals surface area contributed by atoms with Crippen molar-refractivity contribution < 1.29 is 43.5 Å². The van der Waals surface area contributed by atoms with Gasteiger partial charge in [-0.2, -0.15) is 0 Å². The molecule has 3 aliphatic rings. The molecule has 1 aliphatic heterocycles. The lowest BCUT2D eigenvalue weighted by molar-refractivity contribution is -0.253. The fourth-order valence-corrected chi connectivity index (χ4v) is 9.60. The molecule has 4 aromatic carbocycles. The molecule has 0 unspecified atom stereocenters. The summed E-state index contributed by atoms with van der Waals surface area (Å²) >= 11 is 0. The largest absolute Gasteiger partial charge is 0.459 e. The molecule has 1 amide bonds. The van der Waals surface area contributed by atoms with Gasteiger partial charge in [-0.15, -0.1) is 6.58 Å². The van der Waals surface area contributed by atoms with Crippen molar-refractivity contribution in [2.75, 3.05) is 46.7 Å². The van der Waals surface area contributed by atoms with Crippen molar-refractivity contribution in [2.24, 2.45) is 22.9 Å². The number of amides is 1. The van der Waals surface area contributed by atoms with E-state index in [-0.39, 0.29) is 57.2 Å². The molecule has 11 nitrogen and oxygen atoms in total. The highest BCUT2D eigenvalue weighted by molar-refractivity contribution is 6.03. The molecule has 0 radical (unpaired) electrons. The topological polar surface area (TPSA) is 129 Å². The van der Waals surface area contributed by atoms with E-state index in [0.717, 1.165) is 59.2 Å². The number of allylic oxidation sites excluding steroid dienone is 1. The van der Waals surface area contributed by atoms with Gasteiger partial charge in [0, 0.05) is 38.2 Å². The number of oxime groups is 1. The Morgan fingerprint density at radius 2 is 1.59 bits per heavy atom. The van der Waals surface area contributed by atoms with Crippen LogP contribution in [0.3, 0.4) is 0 Å². The Morgan fingerprint density at radius 3 is 2.30 bits per heavy atom. The van der Waals surface area contributed by atoms with Crippen LogP contribution in [0.4, 0.5) is 4.79 Å². The van der Waals surface area contributed by atoms with Gasteiger partial charge in [0.05, 0.1) is 31.5 Å². The molecule has 2 N–H and O–H groups in total. The molecule has 0 bridgehead atoms. The summed E-state index contributed by atoms with van der Waals surface area (Å²) < 4.78 is 32.5. The maximum atomic E-state index is 14.1. The molecule has 334 valence electrons. The average Bonchev–Trinajstić information content (AvgIpc) is 3.31. The molecule has 1 heterocycles. The predicted molar refractivity (Wildman–Crippen MR) is 244 cm³/mol. The van der Waals surface area contributed by atoms with Crippen molar-refractivity contribution >= 4 is 11.8 Å². The highest BCUT2D eigenvalue weighted by atomic mass is 16.7. The fraction of sp³-hybridized carbons (Fsp3) is 0.423. The van der Waals surface area contributed by atoms with Crippen molar-refractivity contribution in [3.05, 3.63) is 139 Å². The van der Waals surface area contributed by atoms with Crippen LogP contribution in [0.25, 0.3) is 11.1 Å². The number of fused-ring (bicyclic) bond motifs is 2. The lowest BCUT2D eigenvalue weighted by Crippen LogP contribution is -2.69. The molecular weight excluding hydrogens is 797 g/mol. The summed E-state index contributed by atoms with van der Waals surface area (Å²) in [5.74, 6) is 0.165. The second-order valence-electron chi connectivity index (χ2n) is 16.4. The second kappa shape index (κ2) is 22.2. The Kier molecular flexibility index (Phi) is 16.1. The smallest absolute Gasteiger partial charge is 0.410 e. The zero-order chi connectivity index (χ0) is 44.0. The van der Waals surface area contributed by atoms with Crippen LogP contribution in [-0.4, -0.2) is 85.4 Å². The molecule has 11 heteroatoms. The van der Waals surface area contributed by atoms with Crippen molar-refractivity contribution in [3.8, 4) is 28.4 Å². The first-order valence-electron chi connectivity index (χ1n) is 22.5. The predicted octanol–water partition coefficient (Wildman–Crippen LogP) is 10.1. The van der Waals surface area contributed by atoms with Crippen LogP contribution in [0.1, 0.15) is 68.9 Å². The number of ether oxygens (including phenoxy) is 5. The highest BCUT2D eigenvalue weighted by Crippen LogP contribution is 2.62. The van der Waals surface area contributed by atoms with Crippen LogP contribution in [0.2, 0.25) is 0 Å². The number of carbonyl (C=O) groups excluding carboxylic acids is 1. The lowest BCUT2D eigenvalue weighted by Gasteiger charge is -2.59. The van der Waals surface area contributed by atoms with Crippen molar-refractivity contribution in [1.82, 2.24) is 4.90 Å². The molecule has 4 aromatic rings. The van der Waals surface area contributed by atoms with Gasteiger partial charge in [-0.1, -0.05) is 103 Å². The highest BCUT2D eigenvalue weighted by Gasteiger charge is 2.65. The summed E-state index contributed by atoms with van der Waals surface area (Å²) in [6.45, 7) is 7.34. The minimum absolute atomic E-state index is 0.0598. The zero-order valence-electron chi connectivity index (χ0n) is 36.6. The van der Waals surface area contributed by atoms with E-state index in [4.69, 9.17) is 33.7 Å². The van der Waals surface area contributed by atoms with Crippen LogP contribution in [0, 0.1) is 17.8 Å². The first kappa shape index (κ1) is 45.6. The third-order valence-corrected chi connectivity index (χ3v) is 12.5. The number of aliphatic hydroxyl groups excluding tert-OH is 2. The van der Waals surface area contributed by atoms with E-state index in [1.165, 1.54) is 0 Å². The summed E-state index contributed by atoms with van der Waals surface area (Å²) in [4.78, 5) is 21.5. The number of carbonyl (C=O) groups is 1. The summed E-state index contributed by atoms with van der Waals surface area (Å²) in [7, 11) is 1.72. The summed E-state index contributed by atoms with van der Waals surface area (Å²) in [6.07, 6.45) is 8.44. The molecule has 63 heavy (non-hydrogen) atoms. The van der Waals surface area contributed by atoms with Crippen LogP contribution in [0.5, 0.6) is 17.2 Å². The molecule has 0 aromatic heterocycles. The SMILES string of the molecule is C=CCO[C@@]12Oc3ccc(Oc4ccc(-c5ccccc5)cc4)cc3[C@H]3[C@H](CCCCO)[C@@H](CCCCO)C=C(C(=NOCC)C[C@@H]1N(C)C(=O)OCCOCc1ccccc1)[C@H]32. The first-order chi connectivity index (χ1) is 30.9. The summed E-state index contributed by atoms with van der Waals surface area (Å²) in [6, 6.07) is 33.4. The number of unbranched alkanes of at least 4 members (excludes halogenated alkanes) is 2. The van der Waals surface area contributed by atoms with Gasteiger partial charge >= 0.3 is 6.09 Å². The van der Waals surface area contributed by atoms with Gasteiger partial charge in [-0.25, -0.2) is 4.79 Å². The number of rotatable bonds is 22. The normalized spacial score (nSPS) is 22.8. The fourth-order valence-electron chi connectivity index (χ4n) is 9.60. The first-order valence-corrected chi connectivity index (χ1v) is 22.5. The molecule has 0 spiro atoms. The van der Waals surface area contributed by atoms with Crippen LogP contribution < -0.4 is 9.47 Å². The monoisotopic (exact) mass is 858 g/mol. The number of hydrogen-bond acceptors (Lipinski definition) is 10. The molecule has 6 atom stereocenters. The number of likely N-dealkylation sites (N-methyl/N-ethyl adjacent to an activating group) is 1. The van der Waals surface area contributed by atoms with Crippen molar-refractivity contribution in [2.45, 2.75) is 76.2 Å².